The van der Waals surface area contributed by atoms with Gasteiger partial charge in [-0.15, -0.1) is 0 Å². The Bertz CT molecular complexity index is 805. The maximum absolute atomic E-state index is 13.2. The van der Waals surface area contributed by atoms with E-state index in [0.717, 1.165) is 23.1 Å². The molecule has 2 aromatic rings. The van der Waals surface area contributed by atoms with Gasteiger partial charge in [0.25, 0.3) is 0 Å². The molecule has 2 atom stereocenters. The average Bonchev–Trinajstić information content (AvgIpc) is 2.66. The molecule has 0 bridgehead atoms. The summed E-state index contributed by atoms with van der Waals surface area (Å²) in [6, 6.07) is 13.2. The van der Waals surface area contributed by atoms with E-state index in [9.17, 15) is 14.0 Å². The number of amides is 2. The number of rotatable bonds is 8. The van der Waals surface area contributed by atoms with Gasteiger partial charge in [-0.1, -0.05) is 48.9 Å². The molecule has 0 fully saturated rings. The van der Waals surface area contributed by atoms with E-state index in [1.54, 1.807) is 24.0 Å². The Morgan fingerprint density at radius 2 is 1.75 bits per heavy atom. The number of nitrogens with one attached hydrogen (secondary N) is 1. The Balaban J connectivity index is 2.22. The first kappa shape index (κ1) is 21.6. The minimum Gasteiger partial charge on any atom is -0.352 e. The van der Waals surface area contributed by atoms with Crippen molar-refractivity contribution < 1.29 is 14.0 Å². The maximum Gasteiger partial charge on any atom is 0.242 e. The third kappa shape index (κ3) is 6.19. The summed E-state index contributed by atoms with van der Waals surface area (Å²) >= 11 is 0. The minimum atomic E-state index is -0.628. The molecule has 1 N–H and O–H groups in total. The second kappa shape index (κ2) is 10.0. The van der Waals surface area contributed by atoms with Gasteiger partial charge in [0.15, 0.2) is 0 Å². The van der Waals surface area contributed by atoms with Crippen molar-refractivity contribution in [1.82, 2.24) is 10.2 Å². The molecule has 0 aliphatic rings. The summed E-state index contributed by atoms with van der Waals surface area (Å²) in [7, 11) is 0. The summed E-state index contributed by atoms with van der Waals surface area (Å²) < 4.78 is 13.2. The first-order valence-corrected chi connectivity index (χ1v) is 9.70. The Morgan fingerprint density at radius 1 is 1.07 bits per heavy atom. The lowest BCUT2D eigenvalue weighted by Crippen LogP contribution is -2.49. The fraction of sp³-hybridized carbons (Fsp3) is 0.391. The van der Waals surface area contributed by atoms with Crippen LogP contribution in [0.25, 0.3) is 0 Å². The van der Waals surface area contributed by atoms with Crippen molar-refractivity contribution in [2.75, 3.05) is 0 Å². The van der Waals surface area contributed by atoms with Crippen LogP contribution in [0.4, 0.5) is 4.39 Å². The predicted octanol–water partition coefficient (Wildman–Crippen LogP) is 4.01. The number of hydrogen-bond donors (Lipinski definition) is 1. The van der Waals surface area contributed by atoms with Gasteiger partial charge in [-0.3, -0.25) is 9.59 Å². The van der Waals surface area contributed by atoms with Crippen molar-refractivity contribution in [3.05, 3.63) is 71.0 Å². The van der Waals surface area contributed by atoms with Crippen molar-refractivity contribution in [3.63, 3.8) is 0 Å². The largest absolute Gasteiger partial charge is 0.352 e. The molecule has 0 spiro atoms. The van der Waals surface area contributed by atoms with Crippen LogP contribution in [0.1, 0.15) is 43.9 Å². The molecule has 28 heavy (non-hydrogen) atoms. The summed E-state index contributed by atoms with van der Waals surface area (Å²) in [6.45, 7) is 7.89. The van der Waals surface area contributed by atoms with E-state index >= 15 is 0 Å². The standard InChI is InChI=1S/C23H29FN2O2/c1-5-17(3)25-23(28)18(4)26(15-19-9-11-21(24)12-10-19)22(27)14-20-8-6-7-16(2)13-20/h6-13,17-18H,5,14-15H2,1-4H3,(H,25,28)/t17-,18+/m0/s1. The van der Waals surface area contributed by atoms with Crippen molar-refractivity contribution in [2.45, 2.75) is 59.2 Å². The van der Waals surface area contributed by atoms with E-state index in [-0.39, 0.29) is 36.6 Å². The van der Waals surface area contributed by atoms with Crippen molar-refractivity contribution in [1.29, 1.82) is 0 Å². The lowest BCUT2D eigenvalue weighted by Gasteiger charge is -2.30. The van der Waals surface area contributed by atoms with Crippen LogP contribution in [0.15, 0.2) is 48.5 Å². The molecule has 0 unspecified atom stereocenters. The SMILES string of the molecule is CC[C@H](C)NC(=O)[C@@H](C)N(Cc1ccc(F)cc1)C(=O)Cc1cccc(C)c1. The van der Waals surface area contributed by atoms with Gasteiger partial charge in [0, 0.05) is 12.6 Å². The molecule has 0 aliphatic heterocycles. The van der Waals surface area contributed by atoms with Gasteiger partial charge in [0.2, 0.25) is 11.8 Å². The zero-order chi connectivity index (χ0) is 20.7. The van der Waals surface area contributed by atoms with Crippen LogP contribution in [-0.4, -0.2) is 28.8 Å². The van der Waals surface area contributed by atoms with Crippen LogP contribution < -0.4 is 5.32 Å². The van der Waals surface area contributed by atoms with E-state index in [1.165, 1.54) is 12.1 Å². The van der Waals surface area contributed by atoms with E-state index in [2.05, 4.69) is 5.32 Å². The van der Waals surface area contributed by atoms with E-state index < -0.39 is 6.04 Å². The number of carbonyl (C=O) groups excluding carboxylic acids is 2. The van der Waals surface area contributed by atoms with Crippen LogP contribution in [-0.2, 0) is 22.6 Å². The van der Waals surface area contributed by atoms with Gasteiger partial charge in [0.1, 0.15) is 11.9 Å². The van der Waals surface area contributed by atoms with Crippen LogP contribution in [0.3, 0.4) is 0 Å². The van der Waals surface area contributed by atoms with Gasteiger partial charge < -0.3 is 10.2 Å². The number of benzene rings is 2. The topological polar surface area (TPSA) is 49.4 Å². The second-order valence-electron chi connectivity index (χ2n) is 7.31. The molecule has 0 aliphatic carbocycles. The summed E-state index contributed by atoms with van der Waals surface area (Å²) in [5.74, 6) is -0.653. The molecule has 4 nitrogen and oxygen atoms in total. The predicted molar refractivity (Wildman–Crippen MR) is 109 cm³/mol. The molecule has 0 heterocycles. The molecule has 0 aromatic heterocycles. The molecule has 5 heteroatoms. The number of hydrogen-bond acceptors (Lipinski definition) is 2. The minimum absolute atomic E-state index is 0.0366. The van der Waals surface area contributed by atoms with Crippen LogP contribution >= 0.6 is 0 Å². The molecular weight excluding hydrogens is 355 g/mol. The van der Waals surface area contributed by atoms with Gasteiger partial charge >= 0.3 is 0 Å². The van der Waals surface area contributed by atoms with Gasteiger partial charge in [-0.05, 0) is 50.5 Å². The van der Waals surface area contributed by atoms with Gasteiger partial charge in [0.05, 0.1) is 6.42 Å². The highest BCUT2D eigenvalue weighted by atomic mass is 19.1. The van der Waals surface area contributed by atoms with Crippen LogP contribution in [0, 0.1) is 12.7 Å². The zero-order valence-electron chi connectivity index (χ0n) is 17.0. The summed E-state index contributed by atoms with van der Waals surface area (Å²) in [4.78, 5) is 27.3. The average molecular weight is 384 g/mol. The Kier molecular flexibility index (Phi) is 7.73. The maximum atomic E-state index is 13.2. The molecule has 0 radical (unpaired) electrons. The summed E-state index contributed by atoms with van der Waals surface area (Å²) in [5.41, 5.74) is 2.77. The lowest BCUT2D eigenvalue weighted by atomic mass is 10.1. The highest BCUT2D eigenvalue weighted by Gasteiger charge is 2.26. The Morgan fingerprint density at radius 3 is 2.36 bits per heavy atom. The summed E-state index contributed by atoms with van der Waals surface area (Å²) in [6.07, 6.45) is 1.03. The van der Waals surface area contributed by atoms with Crippen LogP contribution in [0.5, 0.6) is 0 Å². The highest BCUT2D eigenvalue weighted by molar-refractivity contribution is 5.88. The third-order valence-electron chi connectivity index (χ3n) is 4.87. The van der Waals surface area contributed by atoms with Gasteiger partial charge in [-0.25, -0.2) is 4.39 Å². The van der Waals surface area contributed by atoms with Crippen molar-refractivity contribution >= 4 is 11.8 Å². The smallest absolute Gasteiger partial charge is 0.242 e. The number of aryl methyl sites for hydroxylation is 1. The second-order valence-corrected chi connectivity index (χ2v) is 7.31. The molecule has 150 valence electrons. The molecule has 2 aromatic carbocycles. The fourth-order valence-corrected chi connectivity index (χ4v) is 2.93. The normalized spacial score (nSPS) is 12.9. The van der Waals surface area contributed by atoms with Crippen molar-refractivity contribution in [2.24, 2.45) is 0 Å². The van der Waals surface area contributed by atoms with E-state index in [4.69, 9.17) is 0 Å². The number of nitrogens with zero attached hydrogens (tertiary/aromatic N) is 1. The molecule has 0 saturated heterocycles. The van der Waals surface area contributed by atoms with Gasteiger partial charge in [-0.2, -0.15) is 0 Å². The molecule has 2 amide bonds. The summed E-state index contributed by atoms with van der Waals surface area (Å²) in [5, 5.41) is 2.94. The Hall–Kier alpha value is -2.69. The first-order valence-electron chi connectivity index (χ1n) is 9.70. The van der Waals surface area contributed by atoms with Crippen molar-refractivity contribution in [3.8, 4) is 0 Å². The third-order valence-corrected chi connectivity index (χ3v) is 4.87. The quantitative estimate of drug-likeness (QED) is 0.748. The number of carbonyl (C=O) groups is 2. The van der Waals surface area contributed by atoms with E-state index in [1.807, 2.05) is 45.0 Å². The zero-order valence-corrected chi connectivity index (χ0v) is 17.0. The molecular formula is C23H29FN2O2. The first-order chi connectivity index (χ1) is 13.3. The monoisotopic (exact) mass is 384 g/mol. The fourth-order valence-electron chi connectivity index (χ4n) is 2.93. The highest BCUT2D eigenvalue weighted by Crippen LogP contribution is 2.14. The van der Waals surface area contributed by atoms with Crippen LogP contribution in [0.2, 0.25) is 0 Å². The molecule has 2 rings (SSSR count). The molecule has 0 saturated carbocycles. The Labute approximate surface area is 166 Å². The van der Waals surface area contributed by atoms with E-state index in [0.29, 0.717) is 0 Å². The lowest BCUT2D eigenvalue weighted by molar-refractivity contribution is -0.140. The number of halogens is 1.